The molecule has 3 nitrogen and oxygen atoms in total. The fourth-order valence-corrected chi connectivity index (χ4v) is 2.81. The zero-order valence-corrected chi connectivity index (χ0v) is 12.0. The van der Waals surface area contributed by atoms with Crippen molar-refractivity contribution in [2.75, 3.05) is 0 Å². The lowest BCUT2D eigenvalue weighted by atomic mass is 10.1. The van der Waals surface area contributed by atoms with Crippen molar-refractivity contribution in [3.05, 3.63) is 57.3 Å². The molecule has 19 heavy (non-hydrogen) atoms. The third kappa shape index (κ3) is 2.52. The Hall–Kier alpha value is -1.36. The summed E-state index contributed by atoms with van der Waals surface area (Å²) >= 11 is 13.3. The molecule has 3 rings (SSSR count). The summed E-state index contributed by atoms with van der Waals surface area (Å²) in [6.07, 6.45) is 4.04. The van der Waals surface area contributed by atoms with E-state index < -0.39 is 0 Å². The molecule has 0 atom stereocenters. The van der Waals surface area contributed by atoms with Gasteiger partial charge in [-0.1, -0.05) is 23.2 Å². The van der Waals surface area contributed by atoms with Crippen molar-refractivity contribution in [3.8, 4) is 0 Å². The number of Topliss-reactive ketones (excluding diaryl/α,β-unsaturated/α-hetero) is 1. The molecule has 0 saturated heterocycles. The molecule has 2 aromatic heterocycles. The number of imidazole rings is 1. The molecule has 2 heterocycles. The number of ketones is 1. The minimum atomic E-state index is -0.0238. The summed E-state index contributed by atoms with van der Waals surface area (Å²) in [5.74, 6) is -0.0238. The highest BCUT2D eigenvalue weighted by Crippen LogP contribution is 2.23. The van der Waals surface area contributed by atoms with Crippen LogP contribution in [0.4, 0.5) is 0 Å². The zero-order valence-electron chi connectivity index (χ0n) is 9.64. The quantitative estimate of drug-likeness (QED) is 0.682. The van der Waals surface area contributed by atoms with Crippen LogP contribution < -0.4 is 0 Å². The van der Waals surface area contributed by atoms with E-state index in [0.717, 1.165) is 10.7 Å². The molecule has 3 aromatic rings. The number of carbonyl (C=O) groups is 1. The van der Waals surface area contributed by atoms with E-state index >= 15 is 0 Å². The molecule has 0 spiro atoms. The SMILES string of the molecule is O=C(Cc1cn2ccsc2n1)c1ccc(Cl)c(Cl)c1. The lowest BCUT2D eigenvalue weighted by Gasteiger charge is -2.01. The third-order valence-electron chi connectivity index (χ3n) is 2.73. The zero-order chi connectivity index (χ0) is 13.4. The number of halogens is 2. The van der Waals surface area contributed by atoms with E-state index in [2.05, 4.69) is 4.98 Å². The Morgan fingerprint density at radius 1 is 1.32 bits per heavy atom. The largest absolute Gasteiger partial charge is 0.297 e. The van der Waals surface area contributed by atoms with Gasteiger partial charge in [-0.25, -0.2) is 4.98 Å². The van der Waals surface area contributed by atoms with Crippen LogP contribution in [-0.4, -0.2) is 15.2 Å². The van der Waals surface area contributed by atoms with Gasteiger partial charge in [0.1, 0.15) is 0 Å². The maximum Gasteiger partial charge on any atom is 0.193 e. The van der Waals surface area contributed by atoms with Gasteiger partial charge in [-0.15, -0.1) is 11.3 Å². The Morgan fingerprint density at radius 3 is 2.89 bits per heavy atom. The van der Waals surface area contributed by atoms with E-state index in [1.54, 1.807) is 18.2 Å². The molecule has 0 amide bonds. The number of benzene rings is 1. The van der Waals surface area contributed by atoms with Crippen LogP contribution in [0.25, 0.3) is 4.96 Å². The second-order valence-corrected chi connectivity index (χ2v) is 5.74. The summed E-state index contributed by atoms with van der Waals surface area (Å²) in [5, 5.41) is 2.78. The lowest BCUT2D eigenvalue weighted by Crippen LogP contribution is -2.03. The predicted molar refractivity (Wildman–Crippen MR) is 77.6 cm³/mol. The Labute approximate surface area is 123 Å². The summed E-state index contributed by atoms with van der Waals surface area (Å²) in [5.41, 5.74) is 1.30. The number of nitrogens with zero attached hydrogens (tertiary/aromatic N) is 2. The molecule has 96 valence electrons. The molecular formula is C13H8Cl2N2OS. The molecule has 0 saturated carbocycles. The second-order valence-electron chi connectivity index (χ2n) is 4.05. The lowest BCUT2D eigenvalue weighted by molar-refractivity contribution is 0.0992. The second kappa shape index (κ2) is 4.96. The maximum atomic E-state index is 12.1. The average molecular weight is 311 g/mol. The van der Waals surface area contributed by atoms with Crippen LogP contribution in [-0.2, 0) is 6.42 Å². The molecule has 0 bridgehead atoms. The topological polar surface area (TPSA) is 34.4 Å². The maximum absolute atomic E-state index is 12.1. The summed E-state index contributed by atoms with van der Waals surface area (Å²) in [6.45, 7) is 0. The van der Waals surface area contributed by atoms with Gasteiger partial charge >= 0.3 is 0 Å². The third-order valence-corrected chi connectivity index (χ3v) is 4.24. The molecule has 0 aliphatic rings. The minimum Gasteiger partial charge on any atom is -0.297 e. The molecule has 1 aromatic carbocycles. The fourth-order valence-electron chi connectivity index (χ4n) is 1.80. The van der Waals surface area contributed by atoms with Crippen LogP contribution in [0.3, 0.4) is 0 Å². The van der Waals surface area contributed by atoms with Gasteiger partial charge in [0.2, 0.25) is 0 Å². The summed E-state index contributed by atoms with van der Waals surface area (Å²) in [6, 6.07) is 4.89. The average Bonchev–Trinajstić information content (AvgIpc) is 2.93. The number of thiazole rings is 1. The number of carbonyl (C=O) groups excluding carboxylic acids is 1. The number of fused-ring (bicyclic) bond motifs is 1. The summed E-state index contributed by atoms with van der Waals surface area (Å²) in [7, 11) is 0. The van der Waals surface area contributed by atoms with E-state index in [9.17, 15) is 4.79 Å². The van der Waals surface area contributed by atoms with Crippen LogP contribution in [0.2, 0.25) is 10.0 Å². The van der Waals surface area contributed by atoms with E-state index in [0.29, 0.717) is 15.6 Å². The highest BCUT2D eigenvalue weighted by molar-refractivity contribution is 7.15. The Kier molecular flexibility index (Phi) is 3.31. The van der Waals surface area contributed by atoms with Crippen LogP contribution in [0.5, 0.6) is 0 Å². The van der Waals surface area contributed by atoms with Crippen LogP contribution in [0, 0.1) is 0 Å². The van der Waals surface area contributed by atoms with Gasteiger partial charge in [0.25, 0.3) is 0 Å². The highest BCUT2D eigenvalue weighted by Gasteiger charge is 2.12. The van der Waals surface area contributed by atoms with E-state index in [1.807, 2.05) is 22.2 Å². The predicted octanol–water partition coefficient (Wildman–Crippen LogP) is 4.13. The molecule has 0 radical (unpaired) electrons. The van der Waals surface area contributed by atoms with Crippen molar-refractivity contribution in [2.24, 2.45) is 0 Å². The first kappa shape index (κ1) is 12.7. The molecule has 6 heteroatoms. The van der Waals surface area contributed by atoms with Crippen molar-refractivity contribution in [1.29, 1.82) is 0 Å². The first-order valence-electron chi connectivity index (χ1n) is 5.53. The van der Waals surface area contributed by atoms with Gasteiger partial charge in [0.15, 0.2) is 10.7 Å². The Bertz CT molecular complexity index is 734. The Morgan fingerprint density at radius 2 is 2.16 bits per heavy atom. The van der Waals surface area contributed by atoms with Crippen molar-refractivity contribution in [3.63, 3.8) is 0 Å². The van der Waals surface area contributed by atoms with E-state index in [1.165, 1.54) is 11.3 Å². The minimum absolute atomic E-state index is 0.0238. The first-order valence-corrected chi connectivity index (χ1v) is 7.16. The number of hydrogen-bond acceptors (Lipinski definition) is 3. The summed E-state index contributed by atoms with van der Waals surface area (Å²) < 4.78 is 1.90. The number of hydrogen-bond donors (Lipinski definition) is 0. The molecule has 0 fully saturated rings. The van der Waals surface area contributed by atoms with Crippen LogP contribution >= 0.6 is 34.5 Å². The highest BCUT2D eigenvalue weighted by atomic mass is 35.5. The van der Waals surface area contributed by atoms with Gasteiger partial charge in [0, 0.05) is 23.3 Å². The van der Waals surface area contributed by atoms with Gasteiger partial charge in [0.05, 0.1) is 22.2 Å². The van der Waals surface area contributed by atoms with Gasteiger partial charge < -0.3 is 0 Å². The van der Waals surface area contributed by atoms with Gasteiger partial charge in [-0.05, 0) is 18.2 Å². The van der Waals surface area contributed by atoms with Crippen molar-refractivity contribution in [1.82, 2.24) is 9.38 Å². The van der Waals surface area contributed by atoms with Crippen molar-refractivity contribution >= 4 is 45.3 Å². The van der Waals surface area contributed by atoms with E-state index in [4.69, 9.17) is 23.2 Å². The molecule has 0 N–H and O–H groups in total. The number of rotatable bonds is 3. The molecule has 0 aliphatic heterocycles. The van der Waals surface area contributed by atoms with Crippen LogP contribution in [0.15, 0.2) is 36.0 Å². The monoisotopic (exact) mass is 310 g/mol. The van der Waals surface area contributed by atoms with Crippen molar-refractivity contribution < 1.29 is 4.79 Å². The smallest absolute Gasteiger partial charge is 0.193 e. The van der Waals surface area contributed by atoms with Crippen molar-refractivity contribution in [2.45, 2.75) is 6.42 Å². The van der Waals surface area contributed by atoms with Gasteiger partial charge in [-0.3, -0.25) is 9.20 Å². The van der Waals surface area contributed by atoms with Gasteiger partial charge in [-0.2, -0.15) is 0 Å². The number of aromatic nitrogens is 2. The summed E-state index contributed by atoms with van der Waals surface area (Å²) in [4.78, 5) is 17.4. The first-order chi connectivity index (χ1) is 9.13. The standard InChI is InChI=1S/C13H8Cl2N2OS/c14-10-2-1-8(5-11(10)15)12(18)6-9-7-17-3-4-19-13(17)16-9/h1-5,7H,6H2. The molecule has 0 aliphatic carbocycles. The molecular weight excluding hydrogens is 303 g/mol. The van der Waals surface area contributed by atoms with Crippen LogP contribution in [0.1, 0.15) is 16.1 Å². The normalized spacial score (nSPS) is 11.1. The fraction of sp³-hybridized carbons (Fsp3) is 0.0769. The van der Waals surface area contributed by atoms with E-state index in [-0.39, 0.29) is 12.2 Å². The molecule has 0 unspecified atom stereocenters. The Balaban J connectivity index is 1.84.